The van der Waals surface area contributed by atoms with Gasteiger partial charge in [-0.05, 0) is 30.3 Å². The second kappa shape index (κ2) is 10.4. The quantitative estimate of drug-likeness (QED) is 0.162. The van der Waals surface area contributed by atoms with E-state index in [-0.39, 0.29) is 11.4 Å². The Kier molecular flexibility index (Phi) is 6.87. The zero-order valence-electron chi connectivity index (χ0n) is 18.8. The number of aromatic nitrogens is 2. The van der Waals surface area contributed by atoms with E-state index in [0.717, 1.165) is 36.0 Å². The summed E-state index contributed by atoms with van der Waals surface area (Å²) in [5.41, 5.74) is 3.39. The first-order valence-corrected chi connectivity index (χ1v) is 12.8. The fourth-order valence-corrected chi connectivity index (χ4v) is 5.81. The van der Waals surface area contributed by atoms with Crippen LogP contribution in [0.15, 0.2) is 91.0 Å². The van der Waals surface area contributed by atoms with Crippen LogP contribution in [0.25, 0.3) is 41.6 Å². The molecule has 0 spiro atoms. The van der Waals surface area contributed by atoms with Gasteiger partial charge in [0.05, 0.1) is 35.3 Å². The van der Waals surface area contributed by atoms with E-state index in [1.54, 1.807) is 18.2 Å². The predicted molar refractivity (Wildman–Crippen MR) is 148 cm³/mol. The molecular weight excluding hydrogens is 532 g/mol. The molecule has 0 fully saturated rings. The van der Waals surface area contributed by atoms with Crippen molar-refractivity contribution in [1.29, 1.82) is 0 Å². The Balaban J connectivity index is 0.000000152. The van der Waals surface area contributed by atoms with Crippen LogP contribution in [-0.2, 0) is 0 Å². The van der Waals surface area contributed by atoms with Crippen LogP contribution in [0.5, 0.6) is 0 Å². The second-order valence-electron chi connectivity index (χ2n) is 7.70. The lowest BCUT2D eigenvalue weighted by atomic mass is 10.2. The molecule has 37 heavy (non-hydrogen) atoms. The Labute approximate surface area is 222 Å². The van der Waals surface area contributed by atoms with Crippen LogP contribution in [0.4, 0.5) is 11.4 Å². The average Bonchev–Trinajstić information content (AvgIpc) is 3.53. The number of benzene rings is 4. The summed E-state index contributed by atoms with van der Waals surface area (Å²) < 4.78 is 2.14. The maximum Gasteiger partial charge on any atom is 0.270 e. The van der Waals surface area contributed by atoms with E-state index >= 15 is 0 Å². The van der Waals surface area contributed by atoms with Crippen LogP contribution in [-0.4, -0.2) is 19.8 Å². The van der Waals surface area contributed by atoms with Gasteiger partial charge in [-0.25, -0.2) is 9.97 Å². The average molecular weight is 547 g/mol. The molecule has 0 aliphatic heterocycles. The number of thiazole rings is 2. The number of nitro groups is 2. The number of halogens is 1. The van der Waals surface area contributed by atoms with Crippen LogP contribution in [0.2, 0.25) is 5.02 Å². The van der Waals surface area contributed by atoms with Crippen LogP contribution >= 0.6 is 34.3 Å². The Bertz CT molecular complexity index is 1720. The molecule has 2 heterocycles. The Morgan fingerprint density at radius 2 is 1.22 bits per heavy atom. The molecule has 0 N–H and O–H groups in total. The summed E-state index contributed by atoms with van der Waals surface area (Å²) in [5, 5.41) is 23.3. The normalized spacial score (nSPS) is 10.7. The molecule has 0 radical (unpaired) electrons. The minimum atomic E-state index is -0.464. The summed E-state index contributed by atoms with van der Waals surface area (Å²) in [6.45, 7) is 0. The van der Waals surface area contributed by atoms with Gasteiger partial charge >= 0.3 is 0 Å². The Morgan fingerprint density at radius 1 is 0.649 bits per heavy atom. The molecule has 8 nitrogen and oxygen atoms in total. The van der Waals surface area contributed by atoms with Gasteiger partial charge in [-0.3, -0.25) is 20.2 Å². The number of rotatable bonds is 4. The molecule has 0 saturated heterocycles. The van der Waals surface area contributed by atoms with E-state index in [1.165, 1.54) is 40.9 Å². The molecule has 182 valence electrons. The summed E-state index contributed by atoms with van der Waals surface area (Å²) in [7, 11) is 0. The molecular formula is C26H15ClN4O4S2. The standard InChI is InChI=1S/C13H7ClN2O2S.C13H8N2O2S/c14-10-7-8(16(17)18)5-6-9(10)13-15-11-3-1-2-4-12(11)19-13;16-15(17)10-5-3-4-9(8-10)13-14-11-6-1-2-7-12(11)18-13/h1-7H;1-8H. The van der Waals surface area contributed by atoms with Crippen LogP contribution in [0.1, 0.15) is 0 Å². The summed E-state index contributed by atoms with van der Waals surface area (Å²) >= 11 is 9.15. The number of hydrogen-bond acceptors (Lipinski definition) is 8. The van der Waals surface area contributed by atoms with Crippen LogP contribution in [0.3, 0.4) is 0 Å². The van der Waals surface area contributed by atoms with Gasteiger partial charge in [-0.1, -0.05) is 48.0 Å². The highest BCUT2D eigenvalue weighted by Gasteiger charge is 2.14. The number of para-hydroxylation sites is 2. The minimum Gasteiger partial charge on any atom is -0.258 e. The minimum absolute atomic E-state index is 0.0186. The molecule has 6 rings (SSSR count). The molecule has 0 saturated carbocycles. The van der Waals surface area contributed by atoms with E-state index in [2.05, 4.69) is 9.97 Å². The third-order valence-electron chi connectivity index (χ3n) is 5.29. The zero-order valence-corrected chi connectivity index (χ0v) is 21.2. The molecule has 0 atom stereocenters. The van der Waals surface area contributed by atoms with Crippen LogP contribution in [0, 0.1) is 20.2 Å². The van der Waals surface area contributed by atoms with Gasteiger partial charge in [0.1, 0.15) is 10.0 Å². The number of nitro benzene ring substituents is 2. The summed E-state index contributed by atoms with van der Waals surface area (Å²) in [6.07, 6.45) is 0. The SMILES string of the molecule is O=[N+]([O-])c1ccc(-c2nc3ccccc3s2)c(Cl)c1.O=[N+]([O-])c1cccc(-c2nc3ccccc3s2)c1. The van der Waals surface area contributed by atoms with Gasteiger partial charge in [0.15, 0.2) is 0 Å². The molecule has 4 aromatic carbocycles. The Morgan fingerprint density at radius 3 is 1.81 bits per heavy atom. The number of fused-ring (bicyclic) bond motifs is 2. The molecule has 0 aliphatic carbocycles. The molecule has 0 bridgehead atoms. The van der Waals surface area contributed by atoms with E-state index in [1.807, 2.05) is 54.6 Å². The highest BCUT2D eigenvalue weighted by atomic mass is 35.5. The molecule has 11 heteroatoms. The number of non-ortho nitro benzene ring substituents is 2. The van der Waals surface area contributed by atoms with E-state index < -0.39 is 9.85 Å². The predicted octanol–water partition coefficient (Wildman–Crippen LogP) is 8.40. The second-order valence-corrected chi connectivity index (χ2v) is 10.2. The lowest BCUT2D eigenvalue weighted by Gasteiger charge is -1.99. The zero-order chi connectivity index (χ0) is 25.9. The largest absolute Gasteiger partial charge is 0.270 e. The van der Waals surface area contributed by atoms with Crippen molar-refractivity contribution in [2.45, 2.75) is 0 Å². The van der Waals surface area contributed by atoms with E-state index in [0.29, 0.717) is 10.6 Å². The van der Waals surface area contributed by atoms with Gasteiger partial charge in [-0.15, -0.1) is 22.7 Å². The van der Waals surface area contributed by atoms with Gasteiger partial charge < -0.3 is 0 Å². The topological polar surface area (TPSA) is 112 Å². The van der Waals surface area contributed by atoms with E-state index in [4.69, 9.17) is 11.6 Å². The van der Waals surface area contributed by atoms with Gasteiger partial charge in [0.25, 0.3) is 11.4 Å². The van der Waals surface area contributed by atoms with Gasteiger partial charge in [0.2, 0.25) is 0 Å². The first-order valence-electron chi connectivity index (χ1n) is 10.8. The van der Waals surface area contributed by atoms with Gasteiger partial charge in [0, 0.05) is 35.4 Å². The van der Waals surface area contributed by atoms with Crippen LogP contribution < -0.4 is 0 Å². The monoisotopic (exact) mass is 546 g/mol. The molecule has 6 aromatic rings. The fourth-order valence-electron chi connectivity index (χ4n) is 3.53. The van der Waals surface area contributed by atoms with Crippen molar-refractivity contribution in [1.82, 2.24) is 9.97 Å². The number of hydrogen-bond donors (Lipinski definition) is 0. The molecule has 0 unspecified atom stereocenters. The summed E-state index contributed by atoms with van der Waals surface area (Å²) in [4.78, 5) is 29.5. The van der Waals surface area contributed by atoms with Crippen molar-refractivity contribution in [3.8, 4) is 21.1 Å². The maximum atomic E-state index is 10.7. The third kappa shape index (κ3) is 5.31. The molecule has 0 aliphatic rings. The van der Waals surface area contributed by atoms with E-state index in [9.17, 15) is 20.2 Å². The van der Waals surface area contributed by atoms with Crippen molar-refractivity contribution >= 4 is 66.1 Å². The van der Waals surface area contributed by atoms with Crippen molar-refractivity contribution in [3.05, 3.63) is 116 Å². The molecule has 2 aromatic heterocycles. The first-order chi connectivity index (χ1) is 17.9. The van der Waals surface area contributed by atoms with Gasteiger partial charge in [-0.2, -0.15) is 0 Å². The van der Waals surface area contributed by atoms with Crippen molar-refractivity contribution in [3.63, 3.8) is 0 Å². The lowest BCUT2D eigenvalue weighted by Crippen LogP contribution is -1.88. The smallest absolute Gasteiger partial charge is 0.258 e. The Hall–Kier alpha value is -4.25. The van der Waals surface area contributed by atoms with Crippen molar-refractivity contribution in [2.75, 3.05) is 0 Å². The third-order valence-corrected chi connectivity index (χ3v) is 7.75. The highest BCUT2D eigenvalue weighted by molar-refractivity contribution is 7.22. The summed E-state index contributed by atoms with van der Waals surface area (Å²) in [5.74, 6) is 0. The van der Waals surface area contributed by atoms with Crippen molar-refractivity contribution < 1.29 is 9.85 Å². The van der Waals surface area contributed by atoms with Crippen molar-refractivity contribution in [2.24, 2.45) is 0 Å². The number of nitrogens with zero attached hydrogens (tertiary/aromatic N) is 4. The molecule has 0 amide bonds. The summed E-state index contributed by atoms with van der Waals surface area (Å²) in [6, 6.07) is 26.6. The fraction of sp³-hybridized carbons (Fsp3) is 0. The highest BCUT2D eigenvalue weighted by Crippen LogP contribution is 2.36. The first kappa shape index (κ1) is 24.4. The lowest BCUT2D eigenvalue weighted by molar-refractivity contribution is -0.385. The maximum absolute atomic E-state index is 10.7.